The van der Waals surface area contributed by atoms with Crippen LogP contribution in [0.15, 0.2) is 18.2 Å². The Hall–Kier alpha value is -2.31. The lowest BCUT2D eigenvalue weighted by atomic mass is 10.0. The normalized spacial score (nSPS) is 12.0. The van der Waals surface area contributed by atoms with Crippen molar-refractivity contribution in [3.63, 3.8) is 0 Å². The standard InChI is InChI=1S/C12H17N3O4/c1-7(2)11(12(16)19-3)14-8-4-5-10(15(17)18)9(13)6-8/h4-7,11,14H,13H2,1-3H3. The van der Waals surface area contributed by atoms with E-state index in [-0.39, 0.29) is 17.3 Å². The zero-order valence-electron chi connectivity index (χ0n) is 11.0. The Morgan fingerprint density at radius 2 is 2.11 bits per heavy atom. The van der Waals surface area contributed by atoms with Crippen molar-refractivity contribution in [3.05, 3.63) is 28.3 Å². The summed E-state index contributed by atoms with van der Waals surface area (Å²) in [5.74, 6) is -0.393. The van der Waals surface area contributed by atoms with Crippen molar-refractivity contribution in [1.82, 2.24) is 0 Å². The van der Waals surface area contributed by atoms with E-state index in [4.69, 9.17) is 10.5 Å². The zero-order chi connectivity index (χ0) is 14.6. The van der Waals surface area contributed by atoms with Crippen molar-refractivity contribution in [2.45, 2.75) is 19.9 Å². The number of carbonyl (C=O) groups excluding carboxylic acids is 1. The topological polar surface area (TPSA) is 107 Å². The van der Waals surface area contributed by atoms with Crippen LogP contribution in [-0.4, -0.2) is 24.0 Å². The highest BCUT2D eigenvalue weighted by Gasteiger charge is 2.23. The number of nitro benzene ring substituents is 1. The summed E-state index contributed by atoms with van der Waals surface area (Å²) in [6.45, 7) is 3.73. The summed E-state index contributed by atoms with van der Waals surface area (Å²) in [5, 5.41) is 13.6. The molecule has 1 atom stereocenters. The van der Waals surface area contributed by atoms with E-state index in [0.29, 0.717) is 5.69 Å². The summed E-state index contributed by atoms with van der Waals surface area (Å²) in [6.07, 6.45) is 0. The summed E-state index contributed by atoms with van der Waals surface area (Å²) in [5.41, 5.74) is 6.00. The van der Waals surface area contributed by atoms with Gasteiger partial charge in [0.2, 0.25) is 0 Å². The largest absolute Gasteiger partial charge is 0.467 e. The number of hydrogen-bond acceptors (Lipinski definition) is 6. The van der Waals surface area contributed by atoms with E-state index in [1.54, 1.807) is 0 Å². The second-order valence-electron chi connectivity index (χ2n) is 4.42. The van der Waals surface area contributed by atoms with Crippen LogP contribution in [-0.2, 0) is 9.53 Å². The van der Waals surface area contributed by atoms with Crippen molar-refractivity contribution in [2.24, 2.45) is 5.92 Å². The summed E-state index contributed by atoms with van der Waals surface area (Å²) >= 11 is 0. The third kappa shape index (κ3) is 3.57. The lowest BCUT2D eigenvalue weighted by molar-refractivity contribution is -0.383. The highest BCUT2D eigenvalue weighted by molar-refractivity contribution is 5.80. The van der Waals surface area contributed by atoms with Crippen LogP contribution in [0.5, 0.6) is 0 Å². The Balaban J connectivity index is 2.95. The van der Waals surface area contributed by atoms with Gasteiger partial charge in [0.25, 0.3) is 5.69 Å². The number of ether oxygens (including phenoxy) is 1. The highest BCUT2D eigenvalue weighted by atomic mass is 16.6. The van der Waals surface area contributed by atoms with Gasteiger partial charge in [-0.05, 0) is 18.1 Å². The van der Waals surface area contributed by atoms with Gasteiger partial charge in [-0.3, -0.25) is 10.1 Å². The highest BCUT2D eigenvalue weighted by Crippen LogP contribution is 2.25. The minimum Gasteiger partial charge on any atom is -0.467 e. The van der Waals surface area contributed by atoms with E-state index in [0.717, 1.165) is 0 Å². The quantitative estimate of drug-likeness (QED) is 0.364. The fourth-order valence-electron chi connectivity index (χ4n) is 1.61. The van der Waals surface area contributed by atoms with Crippen LogP contribution >= 0.6 is 0 Å². The summed E-state index contributed by atoms with van der Waals surface area (Å²) < 4.78 is 4.70. The molecule has 1 unspecified atom stereocenters. The Morgan fingerprint density at radius 1 is 1.47 bits per heavy atom. The van der Waals surface area contributed by atoms with E-state index in [1.165, 1.54) is 25.3 Å². The molecule has 104 valence electrons. The molecule has 0 aliphatic rings. The number of nitrogens with two attached hydrogens (primary N) is 1. The van der Waals surface area contributed by atoms with E-state index in [2.05, 4.69) is 5.32 Å². The van der Waals surface area contributed by atoms with Gasteiger partial charge in [0.1, 0.15) is 11.7 Å². The number of esters is 1. The fraction of sp³-hybridized carbons (Fsp3) is 0.417. The number of rotatable bonds is 5. The molecule has 0 aliphatic carbocycles. The lowest BCUT2D eigenvalue weighted by Crippen LogP contribution is -2.35. The fourth-order valence-corrected chi connectivity index (χ4v) is 1.61. The minimum absolute atomic E-state index is 0.00358. The Labute approximate surface area is 110 Å². The molecule has 0 saturated heterocycles. The minimum atomic E-state index is -0.556. The molecule has 0 spiro atoms. The van der Waals surface area contributed by atoms with Crippen molar-refractivity contribution >= 4 is 23.0 Å². The number of benzene rings is 1. The molecule has 7 nitrogen and oxygen atoms in total. The third-order valence-corrected chi connectivity index (χ3v) is 2.67. The van der Waals surface area contributed by atoms with Crippen LogP contribution in [0.3, 0.4) is 0 Å². The molecule has 0 aliphatic heterocycles. The number of anilines is 2. The average molecular weight is 267 g/mol. The maximum absolute atomic E-state index is 11.6. The van der Waals surface area contributed by atoms with Gasteiger partial charge in [-0.15, -0.1) is 0 Å². The lowest BCUT2D eigenvalue weighted by Gasteiger charge is -2.21. The molecule has 0 amide bonds. The van der Waals surface area contributed by atoms with Gasteiger partial charge in [0.05, 0.1) is 12.0 Å². The Morgan fingerprint density at radius 3 is 2.53 bits per heavy atom. The number of nitrogen functional groups attached to an aromatic ring is 1. The molecule has 1 aromatic rings. The van der Waals surface area contributed by atoms with E-state index in [1.807, 2.05) is 13.8 Å². The number of nitro groups is 1. The van der Waals surface area contributed by atoms with Gasteiger partial charge in [-0.25, -0.2) is 4.79 Å². The van der Waals surface area contributed by atoms with E-state index < -0.39 is 16.9 Å². The zero-order valence-corrected chi connectivity index (χ0v) is 11.0. The molecule has 7 heteroatoms. The van der Waals surface area contributed by atoms with Crippen molar-refractivity contribution in [1.29, 1.82) is 0 Å². The van der Waals surface area contributed by atoms with Crippen molar-refractivity contribution < 1.29 is 14.5 Å². The third-order valence-electron chi connectivity index (χ3n) is 2.67. The first-order valence-electron chi connectivity index (χ1n) is 5.75. The summed E-state index contributed by atoms with van der Waals surface area (Å²) in [4.78, 5) is 21.7. The molecule has 3 N–H and O–H groups in total. The molecular formula is C12H17N3O4. The molecule has 0 fully saturated rings. The second kappa shape index (κ2) is 6.03. The SMILES string of the molecule is COC(=O)C(Nc1ccc([N+](=O)[O-])c(N)c1)C(C)C. The molecule has 0 aromatic heterocycles. The van der Waals surface area contributed by atoms with Gasteiger partial charge >= 0.3 is 5.97 Å². The smallest absolute Gasteiger partial charge is 0.328 e. The molecular weight excluding hydrogens is 250 g/mol. The molecule has 0 radical (unpaired) electrons. The van der Waals surface area contributed by atoms with Crippen LogP contribution in [0, 0.1) is 16.0 Å². The summed E-state index contributed by atoms with van der Waals surface area (Å²) in [7, 11) is 1.31. The van der Waals surface area contributed by atoms with Gasteiger partial charge in [0.15, 0.2) is 0 Å². The molecule has 0 heterocycles. The monoisotopic (exact) mass is 267 g/mol. The number of methoxy groups -OCH3 is 1. The Bertz CT molecular complexity index is 488. The van der Waals surface area contributed by atoms with E-state index in [9.17, 15) is 14.9 Å². The predicted molar refractivity (Wildman–Crippen MR) is 71.8 cm³/mol. The molecule has 19 heavy (non-hydrogen) atoms. The Kier molecular flexibility index (Phi) is 4.68. The maximum atomic E-state index is 11.6. The van der Waals surface area contributed by atoms with Crippen molar-refractivity contribution in [3.8, 4) is 0 Å². The first-order valence-corrected chi connectivity index (χ1v) is 5.75. The first kappa shape index (κ1) is 14.7. The van der Waals surface area contributed by atoms with Gasteiger partial charge < -0.3 is 15.8 Å². The maximum Gasteiger partial charge on any atom is 0.328 e. The van der Waals surface area contributed by atoms with Crippen molar-refractivity contribution in [2.75, 3.05) is 18.2 Å². The van der Waals surface area contributed by atoms with Gasteiger partial charge in [-0.2, -0.15) is 0 Å². The molecule has 1 rings (SSSR count). The molecule has 0 saturated carbocycles. The average Bonchev–Trinajstić information content (AvgIpc) is 2.34. The number of hydrogen-bond donors (Lipinski definition) is 2. The van der Waals surface area contributed by atoms with Gasteiger partial charge in [0, 0.05) is 11.8 Å². The molecule has 0 bridgehead atoms. The summed E-state index contributed by atoms with van der Waals surface area (Å²) in [6, 6.07) is 3.70. The molecule has 1 aromatic carbocycles. The van der Waals surface area contributed by atoms with E-state index >= 15 is 0 Å². The van der Waals surface area contributed by atoms with Crippen LogP contribution in [0.2, 0.25) is 0 Å². The van der Waals surface area contributed by atoms with Crippen LogP contribution in [0.4, 0.5) is 17.1 Å². The first-order chi connectivity index (χ1) is 8.86. The van der Waals surface area contributed by atoms with Crippen LogP contribution in [0.25, 0.3) is 0 Å². The number of nitrogens with one attached hydrogen (secondary N) is 1. The predicted octanol–water partition coefficient (Wildman–Crippen LogP) is 1.79. The van der Waals surface area contributed by atoms with Gasteiger partial charge in [-0.1, -0.05) is 13.8 Å². The second-order valence-corrected chi connectivity index (χ2v) is 4.42. The van der Waals surface area contributed by atoms with Crippen LogP contribution in [0.1, 0.15) is 13.8 Å². The number of nitrogens with zero attached hydrogens (tertiary/aromatic N) is 1. The van der Waals surface area contributed by atoms with Crippen LogP contribution < -0.4 is 11.1 Å². The number of carbonyl (C=O) groups is 1.